The van der Waals surface area contributed by atoms with Crippen LogP contribution in [0.5, 0.6) is 0 Å². The lowest BCUT2D eigenvalue weighted by Gasteiger charge is -2.40. The van der Waals surface area contributed by atoms with E-state index in [1.807, 2.05) is 18.3 Å². The van der Waals surface area contributed by atoms with Crippen LogP contribution in [0.2, 0.25) is 0 Å². The SMILES string of the molecule is COCc1ccc(Nc2cc(C(C)CC(=O)OC)ccc2N(CC(C)C)C2CCC(C)CC2)nc1. The molecule has 3 rings (SSSR count). The van der Waals surface area contributed by atoms with Crippen molar-refractivity contribution in [1.29, 1.82) is 0 Å². The fourth-order valence-electron chi connectivity index (χ4n) is 4.94. The van der Waals surface area contributed by atoms with Crippen LogP contribution in [0.15, 0.2) is 36.5 Å². The van der Waals surface area contributed by atoms with Crippen molar-refractivity contribution < 1.29 is 14.3 Å². The summed E-state index contributed by atoms with van der Waals surface area (Å²) < 4.78 is 10.1. The Balaban J connectivity index is 1.97. The number of nitrogens with one attached hydrogen (secondary N) is 1. The Hall–Kier alpha value is -2.60. The topological polar surface area (TPSA) is 63.7 Å². The molecule has 1 aromatic heterocycles. The average Bonchev–Trinajstić information content (AvgIpc) is 2.84. The molecule has 0 aliphatic heterocycles. The molecule has 2 aromatic rings. The maximum atomic E-state index is 11.9. The van der Waals surface area contributed by atoms with E-state index >= 15 is 0 Å². The maximum absolute atomic E-state index is 11.9. The molecule has 1 aliphatic carbocycles. The van der Waals surface area contributed by atoms with E-state index in [9.17, 15) is 4.79 Å². The Morgan fingerprint density at radius 3 is 2.46 bits per heavy atom. The van der Waals surface area contributed by atoms with Crippen LogP contribution in [-0.4, -0.2) is 37.8 Å². The Bertz CT molecular complexity index is 937. The van der Waals surface area contributed by atoms with Crippen molar-refractivity contribution in [2.24, 2.45) is 11.8 Å². The smallest absolute Gasteiger partial charge is 0.306 e. The number of carbonyl (C=O) groups excluding carboxylic acids is 1. The Morgan fingerprint density at radius 2 is 1.86 bits per heavy atom. The molecule has 1 saturated carbocycles. The Kier molecular flexibility index (Phi) is 9.96. The lowest BCUT2D eigenvalue weighted by Crippen LogP contribution is -2.40. The van der Waals surface area contributed by atoms with Gasteiger partial charge in [0.2, 0.25) is 0 Å². The number of ether oxygens (including phenoxy) is 2. The number of nitrogens with zero attached hydrogens (tertiary/aromatic N) is 2. The molecule has 1 aliphatic rings. The number of rotatable bonds is 11. The van der Waals surface area contributed by atoms with Crippen molar-refractivity contribution in [3.05, 3.63) is 47.7 Å². The van der Waals surface area contributed by atoms with E-state index in [1.165, 1.54) is 38.5 Å². The number of aromatic nitrogens is 1. The summed E-state index contributed by atoms with van der Waals surface area (Å²) in [5, 5.41) is 3.60. The first kappa shape index (κ1) is 27.0. The van der Waals surface area contributed by atoms with Gasteiger partial charge in [0, 0.05) is 25.9 Å². The number of hydrogen-bond donors (Lipinski definition) is 1. The van der Waals surface area contributed by atoms with Gasteiger partial charge in [0.15, 0.2) is 0 Å². The summed E-state index contributed by atoms with van der Waals surface area (Å²) in [6, 6.07) is 11.2. The molecule has 0 saturated heterocycles. The van der Waals surface area contributed by atoms with Gasteiger partial charge < -0.3 is 19.7 Å². The second kappa shape index (κ2) is 12.9. The molecule has 1 atom stereocenters. The first-order valence-corrected chi connectivity index (χ1v) is 13.0. The zero-order valence-corrected chi connectivity index (χ0v) is 22.3. The highest BCUT2D eigenvalue weighted by Crippen LogP contribution is 2.38. The number of benzene rings is 1. The molecule has 0 spiro atoms. The van der Waals surface area contributed by atoms with Gasteiger partial charge in [-0.05, 0) is 72.8 Å². The van der Waals surface area contributed by atoms with E-state index in [0.717, 1.165) is 35.1 Å². The van der Waals surface area contributed by atoms with E-state index in [4.69, 9.17) is 9.47 Å². The monoisotopic (exact) mass is 481 g/mol. The second-order valence-corrected chi connectivity index (χ2v) is 10.5. The summed E-state index contributed by atoms with van der Waals surface area (Å²) in [6.45, 7) is 10.6. The van der Waals surface area contributed by atoms with Gasteiger partial charge in [-0.1, -0.05) is 39.8 Å². The van der Waals surface area contributed by atoms with Crippen LogP contribution < -0.4 is 10.2 Å². The first-order chi connectivity index (χ1) is 16.8. The van der Waals surface area contributed by atoms with Crippen LogP contribution in [0.25, 0.3) is 0 Å². The molecule has 6 heteroatoms. The van der Waals surface area contributed by atoms with E-state index in [0.29, 0.717) is 25.0 Å². The molecule has 1 N–H and O–H groups in total. The van der Waals surface area contributed by atoms with E-state index in [2.05, 4.69) is 61.1 Å². The Morgan fingerprint density at radius 1 is 1.11 bits per heavy atom. The van der Waals surface area contributed by atoms with Crippen LogP contribution in [0.4, 0.5) is 17.2 Å². The Labute approximate surface area is 211 Å². The summed E-state index contributed by atoms with van der Waals surface area (Å²) in [5.41, 5.74) is 4.39. The standard InChI is InChI=1S/C29H43N3O3/c1-20(2)18-32(25-11-7-21(3)8-12-25)27-13-10-24(22(4)15-29(33)35-6)16-26(27)31-28-14-9-23(17-30-28)19-34-5/h9-10,13-14,16-17,20-22,25H,7-8,11-12,15,18-19H2,1-6H3,(H,30,31). The van der Waals surface area contributed by atoms with Gasteiger partial charge >= 0.3 is 5.97 Å². The minimum Gasteiger partial charge on any atom is -0.469 e. The molecule has 0 amide bonds. The molecule has 192 valence electrons. The van der Waals surface area contributed by atoms with Gasteiger partial charge in [-0.2, -0.15) is 0 Å². The van der Waals surface area contributed by atoms with Crippen LogP contribution in [0.3, 0.4) is 0 Å². The summed E-state index contributed by atoms with van der Waals surface area (Å²) >= 11 is 0. The number of carbonyl (C=O) groups is 1. The molecule has 35 heavy (non-hydrogen) atoms. The molecular formula is C29H43N3O3. The van der Waals surface area contributed by atoms with Gasteiger partial charge in [0.1, 0.15) is 5.82 Å². The fraction of sp³-hybridized carbons (Fsp3) is 0.586. The average molecular weight is 482 g/mol. The van der Waals surface area contributed by atoms with Gasteiger partial charge in [0.25, 0.3) is 0 Å². The maximum Gasteiger partial charge on any atom is 0.306 e. The third-order valence-corrected chi connectivity index (χ3v) is 6.99. The highest BCUT2D eigenvalue weighted by Gasteiger charge is 2.27. The number of hydrogen-bond acceptors (Lipinski definition) is 6. The van der Waals surface area contributed by atoms with Crippen molar-refractivity contribution in [2.45, 2.75) is 78.4 Å². The normalized spacial score (nSPS) is 18.8. The molecule has 0 radical (unpaired) electrons. The third kappa shape index (κ3) is 7.69. The molecule has 6 nitrogen and oxygen atoms in total. The first-order valence-electron chi connectivity index (χ1n) is 13.0. The largest absolute Gasteiger partial charge is 0.469 e. The minimum absolute atomic E-state index is 0.0585. The molecule has 1 heterocycles. The number of methoxy groups -OCH3 is 2. The quantitative estimate of drug-likeness (QED) is 0.361. The third-order valence-electron chi connectivity index (χ3n) is 6.99. The number of pyridine rings is 1. The molecule has 1 unspecified atom stereocenters. The second-order valence-electron chi connectivity index (χ2n) is 10.5. The minimum atomic E-state index is -0.191. The molecule has 1 aromatic carbocycles. The predicted octanol–water partition coefficient (Wildman–Crippen LogP) is 6.68. The summed E-state index contributed by atoms with van der Waals surface area (Å²) in [7, 11) is 3.13. The fourth-order valence-corrected chi connectivity index (χ4v) is 4.94. The molecule has 0 bridgehead atoms. The van der Waals surface area contributed by atoms with E-state index in [-0.39, 0.29) is 11.9 Å². The number of esters is 1. The summed E-state index contributed by atoms with van der Waals surface area (Å²) in [5.74, 6) is 2.02. The molecule has 1 fully saturated rings. The van der Waals surface area contributed by atoms with Crippen LogP contribution >= 0.6 is 0 Å². The predicted molar refractivity (Wildman–Crippen MR) is 143 cm³/mol. The van der Waals surface area contributed by atoms with Crippen molar-refractivity contribution in [3.63, 3.8) is 0 Å². The van der Waals surface area contributed by atoms with Crippen molar-refractivity contribution in [1.82, 2.24) is 4.98 Å². The highest BCUT2D eigenvalue weighted by molar-refractivity contribution is 5.76. The van der Waals surface area contributed by atoms with Crippen LogP contribution in [0, 0.1) is 11.8 Å². The van der Waals surface area contributed by atoms with Crippen molar-refractivity contribution >= 4 is 23.2 Å². The number of anilines is 3. The van der Waals surface area contributed by atoms with Crippen molar-refractivity contribution in [3.8, 4) is 0 Å². The van der Waals surface area contributed by atoms with E-state index < -0.39 is 0 Å². The summed E-state index contributed by atoms with van der Waals surface area (Å²) in [6.07, 6.45) is 7.20. The lowest BCUT2D eigenvalue weighted by molar-refractivity contribution is -0.140. The van der Waals surface area contributed by atoms with Crippen LogP contribution in [-0.2, 0) is 20.9 Å². The van der Waals surface area contributed by atoms with Crippen LogP contribution in [0.1, 0.15) is 76.8 Å². The van der Waals surface area contributed by atoms with Crippen molar-refractivity contribution in [2.75, 3.05) is 31.0 Å². The molecular weight excluding hydrogens is 438 g/mol. The zero-order chi connectivity index (χ0) is 25.4. The zero-order valence-electron chi connectivity index (χ0n) is 22.3. The van der Waals surface area contributed by atoms with Gasteiger partial charge in [-0.25, -0.2) is 4.98 Å². The highest BCUT2D eigenvalue weighted by atomic mass is 16.5. The van der Waals surface area contributed by atoms with Gasteiger partial charge in [0.05, 0.1) is 31.5 Å². The van der Waals surface area contributed by atoms with E-state index in [1.54, 1.807) is 7.11 Å². The summed E-state index contributed by atoms with van der Waals surface area (Å²) in [4.78, 5) is 19.2. The van der Waals surface area contributed by atoms with Gasteiger partial charge in [-0.15, -0.1) is 0 Å². The lowest BCUT2D eigenvalue weighted by atomic mass is 9.86. The van der Waals surface area contributed by atoms with Gasteiger partial charge in [-0.3, -0.25) is 4.79 Å².